The lowest BCUT2D eigenvalue weighted by Crippen LogP contribution is -2.64. The molecule has 0 bridgehead atoms. The van der Waals surface area contributed by atoms with Crippen molar-refractivity contribution in [1.82, 2.24) is 19.7 Å². The maximum atomic E-state index is 12.8. The van der Waals surface area contributed by atoms with Gasteiger partial charge in [0.25, 0.3) is 5.91 Å². The largest absolute Gasteiger partial charge is 0.339 e. The maximum Gasteiger partial charge on any atom is 0.282 e. The van der Waals surface area contributed by atoms with E-state index in [0.717, 1.165) is 50.7 Å². The Hall–Kier alpha value is -1.96. The van der Waals surface area contributed by atoms with Crippen LogP contribution in [0.25, 0.3) is 0 Å². The SMILES string of the molecule is O=C(c1nccs1)N1CCN(C2CN(C(=O)C3CC3c3ccc(Cl)cc3)C2)CC1. The molecule has 3 fully saturated rings. The van der Waals surface area contributed by atoms with Gasteiger partial charge < -0.3 is 9.80 Å². The lowest BCUT2D eigenvalue weighted by Gasteiger charge is -2.48. The molecular weight excluding hydrogens is 408 g/mol. The highest BCUT2D eigenvalue weighted by Gasteiger charge is 2.48. The summed E-state index contributed by atoms with van der Waals surface area (Å²) in [6.07, 6.45) is 2.62. The molecule has 1 aliphatic carbocycles. The summed E-state index contributed by atoms with van der Waals surface area (Å²) >= 11 is 7.35. The molecule has 3 aliphatic rings. The average molecular weight is 431 g/mol. The van der Waals surface area contributed by atoms with Crippen LogP contribution in [0.2, 0.25) is 5.02 Å². The first-order valence-corrected chi connectivity index (χ1v) is 11.3. The Morgan fingerprint density at radius 2 is 1.76 bits per heavy atom. The molecule has 3 heterocycles. The Balaban J connectivity index is 1.08. The number of likely N-dealkylation sites (tertiary alicyclic amines) is 1. The number of nitrogens with zero attached hydrogens (tertiary/aromatic N) is 4. The molecule has 2 unspecified atom stereocenters. The third kappa shape index (κ3) is 3.79. The highest BCUT2D eigenvalue weighted by Crippen LogP contribution is 2.49. The molecule has 5 rings (SSSR count). The summed E-state index contributed by atoms with van der Waals surface area (Å²) in [5.74, 6) is 0.801. The number of hydrogen-bond donors (Lipinski definition) is 0. The van der Waals surface area contributed by atoms with Gasteiger partial charge in [-0.3, -0.25) is 14.5 Å². The predicted molar refractivity (Wildman–Crippen MR) is 112 cm³/mol. The summed E-state index contributed by atoms with van der Waals surface area (Å²) in [6, 6.07) is 8.28. The molecule has 2 atom stereocenters. The van der Waals surface area contributed by atoms with Crippen LogP contribution < -0.4 is 0 Å². The van der Waals surface area contributed by atoms with Gasteiger partial charge in [-0.05, 0) is 30.0 Å². The Morgan fingerprint density at radius 1 is 1.03 bits per heavy atom. The second kappa shape index (κ2) is 7.70. The van der Waals surface area contributed by atoms with Crippen LogP contribution in [0.1, 0.15) is 27.7 Å². The van der Waals surface area contributed by atoms with E-state index in [1.165, 1.54) is 16.9 Å². The number of carbonyl (C=O) groups is 2. The molecule has 6 nitrogen and oxygen atoms in total. The van der Waals surface area contributed by atoms with E-state index in [4.69, 9.17) is 11.6 Å². The van der Waals surface area contributed by atoms with Crippen LogP contribution in [0.4, 0.5) is 0 Å². The van der Waals surface area contributed by atoms with Gasteiger partial charge in [0.2, 0.25) is 5.91 Å². The van der Waals surface area contributed by atoms with Gasteiger partial charge in [0.05, 0.1) is 0 Å². The molecule has 29 heavy (non-hydrogen) atoms. The number of aromatic nitrogens is 1. The van der Waals surface area contributed by atoms with Crippen LogP contribution in [-0.2, 0) is 4.79 Å². The summed E-state index contributed by atoms with van der Waals surface area (Å²) in [5, 5.41) is 3.13. The molecular formula is C21H23ClN4O2S. The first-order chi connectivity index (χ1) is 14.1. The third-order valence-corrected chi connectivity index (χ3v) is 7.33. The van der Waals surface area contributed by atoms with Gasteiger partial charge in [0.1, 0.15) is 0 Å². The van der Waals surface area contributed by atoms with Crippen LogP contribution in [0, 0.1) is 5.92 Å². The minimum atomic E-state index is 0.0343. The van der Waals surface area contributed by atoms with Crippen LogP contribution in [-0.4, -0.2) is 76.8 Å². The Morgan fingerprint density at radius 3 is 2.41 bits per heavy atom. The normalized spacial score (nSPS) is 25.0. The minimum absolute atomic E-state index is 0.0343. The maximum absolute atomic E-state index is 12.8. The van der Waals surface area contributed by atoms with E-state index >= 15 is 0 Å². The molecule has 1 saturated carbocycles. The average Bonchev–Trinajstić information content (AvgIpc) is 3.31. The van der Waals surface area contributed by atoms with Crippen molar-refractivity contribution >= 4 is 34.8 Å². The number of halogens is 1. The number of carbonyl (C=O) groups excluding carboxylic acids is 2. The fraction of sp³-hybridized carbons (Fsp3) is 0.476. The zero-order valence-corrected chi connectivity index (χ0v) is 17.6. The van der Waals surface area contributed by atoms with Crippen molar-refractivity contribution in [3.05, 3.63) is 51.4 Å². The molecule has 2 amide bonds. The zero-order valence-electron chi connectivity index (χ0n) is 16.0. The molecule has 8 heteroatoms. The molecule has 2 saturated heterocycles. The van der Waals surface area contributed by atoms with E-state index in [9.17, 15) is 9.59 Å². The summed E-state index contributed by atoms with van der Waals surface area (Å²) in [5.41, 5.74) is 1.21. The fourth-order valence-corrected chi connectivity index (χ4v) is 5.13. The highest BCUT2D eigenvalue weighted by atomic mass is 35.5. The number of hydrogen-bond acceptors (Lipinski definition) is 5. The molecule has 0 spiro atoms. The van der Waals surface area contributed by atoms with Gasteiger partial charge in [-0.1, -0.05) is 23.7 Å². The van der Waals surface area contributed by atoms with Crippen molar-refractivity contribution < 1.29 is 9.59 Å². The lowest BCUT2D eigenvalue weighted by atomic mass is 10.0. The third-order valence-electron chi connectivity index (χ3n) is 6.31. The Bertz CT molecular complexity index is 890. The van der Waals surface area contributed by atoms with Crippen LogP contribution in [0.5, 0.6) is 0 Å². The quantitative estimate of drug-likeness (QED) is 0.748. The van der Waals surface area contributed by atoms with Crippen molar-refractivity contribution in [3.63, 3.8) is 0 Å². The van der Waals surface area contributed by atoms with Gasteiger partial charge in [-0.15, -0.1) is 11.3 Å². The lowest BCUT2D eigenvalue weighted by molar-refractivity contribution is -0.140. The van der Waals surface area contributed by atoms with E-state index in [-0.39, 0.29) is 11.8 Å². The van der Waals surface area contributed by atoms with Crippen molar-refractivity contribution in [2.45, 2.75) is 18.4 Å². The zero-order chi connectivity index (χ0) is 20.0. The minimum Gasteiger partial charge on any atom is -0.339 e. The van der Waals surface area contributed by atoms with Gasteiger partial charge in [0, 0.05) is 67.8 Å². The van der Waals surface area contributed by atoms with Crippen LogP contribution >= 0.6 is 22.9 Å². The molecule has 2 aliphatic heterocycles. The first-order valence-electron chi connectivity index (χ1n) is 10.1. The molecule has 0 N–H and O–H groups in total. The molecule has 1 aromatic heterocycles. The number of amides is 2. The number of piperazine rings is 1. The van der Waals surface area contributed by atoms with Crippen molar-refractivity contribution in [2.75, 3.05) is 39.3 Å². The van der Waals surface area contributed by atoms with E-state index in [1.807, 2.05) is 39.4 Å². The smallest absolute Gasteiger partial charge is 0.282 e. The predicted octanol–water partition coefficient (Wildman–Crippen LogP) is 2.57. The molecule has 152 valence electrons. The summed E-state index contributed by atoms with van der Waals surface area (Å²) in [7, 11) is 0. The highest BCUT2D eigenvalue weighted by molar-refractivity contribution is 7.11. The van der Waals surface area contributed by atoms with Gasteiger partial charge in [-0.25, -0.2) is 4.98 Å². The summed E-state index contributed by atoms with van der Waals surface area (Å²) in [4.78, 5) is 35.6. The molecule has 2 aromatic rings. The second-order valence-electron chi connectivity index (χ2n) is 8.06. The topological polar surface area (TPSA) is 56.8 Å². The van der Waals surface area contributed by atoms with E-state index < -0.39 is 0 Å². The number of thiazole rings is 1. The Kier molecular flexibility index (Phi) is 5.05. The van der Waals surface area contributed by atoms with Crippen LogP contribution in [0.15, 0.2) is 35.8 Å². The fourth-order valence-electron chi connectivity index (χ4n) is 4.40. The van der Waals surface area contributed by atoms with E-state index in [0.29, 0.717) is 22.9 Å². The van der Waals surface area contributed by atoms with Gasteiger partial charge >= 0.3 is 0 Å². The van der Waals surface area contributed by atoms with Crippen LogP contribution in [0.3, 0.4) is 0 Å². The van der Waals surface area contributed by atoms with E-state index in [2.05, 4.69) is 9.88 Å². The standard InChI is InChI=1S/C21H23ClN4O2S/c22-15-3-1-14(2-4-15)17-11-18(17)20(27)26-12-16(13-26)24-6-8-25(9-7-24)21(28)19-23-5-10-29-19/h1-5,10,16-18H,6-9,11-13H2. The Labute approximate surface area is 179 Å². The van der Waals surface area contributed by atoms with Gasteiger partial charge in [0.15, 0.2) is 5.01 Å². The van der Waals surface area contributed by atoms with Crippen molar-refractivity contribution in [3.8, 4) is 0 Å². The first kappa shape index (κ1) is 19.0. The molecule has 0 radical (unpaired) electrons. The van der Waals surface area contributed by atoms with E-state index in [1.54, 1.807) is 6.20 Å². The number of benzene rings is 1. The van der Waals surface area contributed by atoms with Crippen molar-refractivity contribution in [2.24, 2.45) is 5.92 Å². The molecule has 1 aromatic carbocycles. The summed E-state index contributed by atoms with van der Waals surface area (Å²) < 4.78 is 0. The number of rotatable bonds is 4. The second-order valence-corrected chi connectivity index (χ2v) is 9.39. The van der Waals surface area contributed by atoms with Crippen molar-refractivity contribution in [1.29, 1.82) is 0 Å². The van der Waals surface area contributed by atoms with Gasteiger partial charge in [-0.2, -0.15) is 0 Å². The monoisotopic (exact) mass is 430 g/mol. The summed E-state index contributed by atoms with van der Waals surface area (Å²) in [6.45, 7) is 4.79.